The average molecular weight is 449 g/mol. The van der Waals surface area contributed by atoms with E-state index >= 15 is 0 Å². The number of carbonyl (C=O) groups is 1. The molecule has 0 spiro atoms. The van der Waals surface area contributed by atoms with Crippen LogP contribution in [0.25, 0.3) is 22.3 Å². The highest BCUT2D eigenvalue weighted by Crippen LogP contribution is 2.36. The molecule has 1 N–H and O–H groups in total. The lowest BCUT2D eigenvalue weighted by atomic mass is 10.1. The second-order valence-corrected chi connectivity index (χ2v) is 7.78. The van der Waals surface area contributed by atoms with E-state index in [2.05, 4.69) is 25.5 Å². The molecule has 0 aliphatic rings. The summed E-state index contributed by atoms with van der Waals surface area (Å²) >= 11 is 1.24. The van der Waals surface area contributed by atoms with E-state index in [4.69, 9.17) is 0 Å². The van der Waals surface area contributed by atoms with Crippen LogP contribution >= 0.6 is 11.3 Å². The van der Waals surface area contributed by atoms with Crippen molar-refractivity contribution in [2.24, 2.45) is 0 Å². The number of hydrogen-bond acceptors (Lipinski definition) is 6. The Morgan fingerprint density at radius 1 is 1.26 bits per heavy atom. The van der Waals surface area contributed by atoms with Gasteiger partial charge in [0.2, 0.25) is 5.91 Å². The fourth-order valence-electron chi connectivity index (χ4n) is 3.24. The number of nitrogens with one attached hydrogen (secondary N) is 1. The predicted octanol–water partition coefficient (Wildman–Crippen LogP) is 4.05. The second kappa shape index (κ2) is 7.76. The minimum Gasteiger partial charge on any atom is -0.300 e. The molecule has 0 radical (unpaired) electrons. The molecular weight excluding hydrogens is 431 g/mol. The van der Waals surface area contributed by atoms with Gasteiger partial charge in [-0.1, -0.05) is 0 Å². The van der Waals surface area contributed by atoms with Crippen molar-refractivity contribution in [1.82, 2.24) is 29.5 Å². The first kappa shape index (κ1) is 21.0. The van der Waals surface area contributed by atoms with Crippen LogP contribution in [-0.4, -0.2) is 35.4 Å². The summed E-state index contributed by atoms with van der Waals surface area (Å²) in [5.41, 5.74) is 1.06. The summed E-state index contributed by atoms with van der Waals surface area (Å²) in [4.78, 5) is 21.1. The fourth-order valence-corrected chi connectivity index (χ4v) is 3.98. The zero-order valence-electron chi connectivity index (χ0n) is 16.9. The Kier molecular flexibility index (Phi) is 5.25. The summed E-state index contributed by atoms with van der Waals surface area (Å²) in [6, 6.07) is 0.985. The van der Waals surface area contributed by atoms with Gasteiger partial charge in [-0.15, -0.1) is 11.3 Å². The molecule has 4 heterocycles. The zero-order chi connectivity index (χ0) is 22.3. The molecule has 8 nitrogen and oxygen atoms in total. The summed E-state index contributed by atoms with van der Waals surface area (Å²) < 4.78 is 43.3. The number of amides is 1. The summed E-state index contributed by atoms with van der Waals surface area (Å²) in [7, 11) is 0. The molecule has 4 aromatic rings. The standard InChI is InChI=1S/C19H18F3N7OS/c1-4-28-7-12(6-23-28)14-9-31-18(25-14)26-15(30)8-29-17-16(11(3)27-29)13(19(20,21)22)5-10(2)24-17/h5-7,9H,4,8H2,1-3H3,(H,25,26,30). The zero-order valence-corrected chi connectivity index (χ0v) is 17.7. The lowest BCUT2D eigenvalue weighted by Crippen LogP contribution is -2.20. The first-order valence-electron chi connectivity index (χ1n) is 9.36. The third-order valence-electron chi connectivity index (χ3n) is 4.61. The van der Waals surface area contributed by atoms with Gasteiger partial charge < -0.3 is 5.32 Å². The van der Waals surface area contributed by atoms with Gasteiger partial charge in [0.25, 0.3) is 0 Å². The van der Waals surface area contributed by atoms with Crippen molar-refractivity contribution in [3.8, 4) is 11.3 Å². The number of carbonyl (C=O) groups excluding carboxylic acids is 1. The minimum atomic E-state index is -4.55. The Hall–Kier alpha value is -3.28. The maximum Gasteiger partial charge on any atom is 0.417 e. The van der Waals surface area contributed by atoms with E-state index in [0.29, 0.717) is 10.8 Å². The molecule has 0 aliphatic heterocycles. The number of halogens is 3. The highest BCUT2D eigenvalue weighted by molar-refractivity contribution is 7.14. The lowest BCUT2D eigenvalue weighted by Gasteiger charge is -2.10. The van der Waals surface area contributed by atoms with Gasteiger partial charge in [0.05, 0.1) is 28.5 Å². The van der Waals surface area contributed by atoms with Crippen LogP contribution < -0.4 is 5.32 Å². The first-order chi connectivity index (χ1) is 14.7. The number of alkyl halides is 3. The van der Waals surface area contributed by atoms with E-state index in [1.54, 1.807) is 16.3 Å². The summed E-state index contributed by atoms with van der Waals surface area (Å²) in [5.74, 6) is -0.466. The highest BCUT2D eigenvalue weighted by Gasteiger charge is 2.35. The number of pyridine rings is 1. The Balaban J connectivity index is 1.56. The molecule has 0 unspecified atom stereocenters. The Labute approximate surface area is 178 Å². The molecule has 162 valence electrons. The van der Waals surface area contributed by atoms with E-state index in [1.165, 1.54) is 29.9 Å². The van der Waals surface area contributed by atoms with Gasteiger partial charge in [0, 0.05) is 29.4 Å². The number of hydrogen-bond donors (Lipinski definition) is 1. The van der Waals surface area contributed by atoms with Crippen molar-refractivity contribution >= 4 is 33.4 Å². The van der Waals surface area contributed by atoms with Crippen molar-refractivity contribution in [1.29, 1.82) is 0 Å². The van der Waals surface area contributed by atoms with Crippen LogP contribution in [-0.2, 0) is 24.1 Å². The number of nitrogens with zero attached hydrogens (tertiary/aromatic N) is 6. The van der Waals surface area contributed by atoms with E-state index in [1.807, 2.05) is 13.1 Å². The lowest BCUT2D eigenvalue weighted by molar-refractivity contribution is -0.136. The normalized spacial score (nSPS) is 11.9. The van der Waals surface area contributed by atoms with Crippen molar-refractivity contribution in [3.63, 3.8) is 0 Å². The third-order valence-corrected chi connectivity index (χ3v) is 5.37. The number of thiazole rings is 1. The Morgan fingerprint density at radius 3 is 2.71 bits per heavy atom. The van der Waals surface area contributed by atoms with Crippen molar-refractivity contribution < 1.29 is 18.0 Å². The topological polar surface area (TPSA) is 90.5 Å². The highest BCUT2D eigenvalue weighted by atomic mass is 32.1. The van der Waals surface area contributed by atoms with Gasteiger partial charge in [-0.2, -0.15) is 23.4 Å². The van der Waals surface area contributed by atoms with Gasteiger partial charge in [-0.3, -0.25) is 9.48 Å². The van der Waals surface area contributed by atoms with Gasteiger partial charge in [-0.05, 0) is 26.8 Å². The summed E-state index contributed by atoms with van der Waals surface area (Å²) in [6.07, 6.45) is -1.00. The van der Waals surface area contributed by atoms with Crippen LogP contribution in [0.1, 0.15) is 23.9 Å². The van der Waals surface area contributed by atoms with Crippen LogP contribution in [0.4, 0.5) is 18.3 Å². The maximum atomic E-state index is 13.4. The molecule has 0 bridgehead atoms. The SMILES string of the molecule is CCn1cc(-c2csc(NC(=O)Cn3nc(C)c4c(C(F)(F)F)cc(C)nc43)n2)cn1. The molecule has 1 amide bonds. The van der Waals surface area contributed by atoms with Crippen LogP contribution in [0.5, 0.6) is 0 Å². The minimum absolute atomic E-state index is 0.0202. The molecule has 0 saturated carbocycles. The number of fused-ring (bicyclic) bond motifs is 1. The number of anilines is 1. The fraction of sp³-hybridized carbons (Fsp3) is 0.316. The number of aromatic nitrogens is 6. The molecule has 12 heteroatoms. The van der Waals surface area contributed by atoms with Crippen LogP contribution in [0, 0.1) is 13.8 Å². The molecule has 0 aromatic carbocycles. The van der Waals surface area contributed by atoms with Crippen LogP contribution in [0.3, 0.4) is 0 Å². The van der Waals surface area contributed by atoms with E-state index in [-0.39, 0.29) is 29.0 Å². The quantitative estimate of drug-likeness (QED) is 0.497. The number of aryl methyl sites for hydroxylation is 3. The van der Waals surface area contributed by atoms with Gasteiger partial charge in [-0.25, -0.2) is 14.6 Å². The van der Waals surface area contributed by atoms with Crippen molar-refractivity contribution in [2.45, 2.75) is 40.0 Å². The molecule has 0 fully saturated rings. The molecule has 4 aromatic heterocycles. The smallest absolute Gasteiger partial charge is 0.300 e. The summed E-state index contributed by atoms with van der Waals surface area (Å²) in [5, 5.41) is 13.0. The second-order valence-electron chi connectivity index (χ2n) is 6.92. The maximum absolute atomic E-state index is 13.4. The van der Waals surface area contributed by atoms with Gasteiger partial charge in [0.15, 0.2) is 10.8 Å². The average Bonchev–Trinajstić information content (AvgIpc) is 3.40. The first-order valence-corrected chi connectivity index (χ1v) is 10.2. The Bertz CT molecular complexity index is 1270. The monoisotopic (exact) mass is 449 g/mol. The molecule has 0 atom stereocenters. The van der Waals surface area contributed by atoms with E-state index < -0.39 is 17.6 Å². The number of rotatable bonds is 5. The van der Waals surface area contributed by atoms with E-state index in [0.717, 1.165) is 18.2 Å². The molecule has 0 saturated heterocycles. The molecule has 0 aliphatic carbocycles. The van der Waals surface area contributed by atoms with Crippen molar-refractivity contribution in [3.05, 3.63) is 40.8 Å². The largest absolute Gasteiger partial charge is 0.417 e. The van der Waals surface area contributed by atoms with Crippen LogP contribution in [0.2, 0.25) is 0 Å². The third kappa shape index (κ3) is 4.15. The Morgan fingerprint density at radius 2 is 2.03 bits per heavy atom. The molecular formula is C19H18F3N7OS. The van der Waals surface area contributed by atoms with Gasteiger partial charge >= 0.3 is 6.18 Å². The van der Waals surface area contributed by atoms with Crippen LogP contribution in [0.15, 0.2) is 23.8 Å². The van der Waals surface area contributed by atoms with Gasteiger partial charge in [0.1, 0.15) is 6.54 Å². The summed E-state index contributed by atoms with van der Waals surface area (Å²) in [6.45, 7) is 5.35. The molecule has 4 rings (SSSR count). The predicted molar refractivity (Wildman–Crippen MR) is 110 cm³/mol. The molecule has 31 heavy (non-hydrogen) atoms. The van der Waals surface area contributed by atoms with E-state index in [9.17, 15) is 18.0 Å². The van der Waals surface area contributed by atoms with Crippen molar-refractivity contribution in [2.75, 3.05) is 5.32 Å².